The summed E-state index contributed by atoms with van der Waals surface area (Å²) in [5.41, 5.74) is 4.97. The second kappa shape index (κ2) is 9.73. The molecule has 0 bridgehead atoms. The van der Waals surface area contributed by atoms with Gasteiger partial charge in [0.1, 0.15) is 11.5 Å². The molecule has 182 valence electrons. The second-order valence-electron chi connectivity index (χ2n) is 8.87. The Morgan fingerprint density at radius 3 is 2.70 bits per heavy atom. The highest BCUT2D eigenvalue weighted by Crippen LogP contribution is 2.29. The van der Waals surface area contributed by atoms with E-state index in [4.69, 9.17) is 9.97 Å². The molecular formula is C29H23FN6O. The Balaban J connectivity index is 1.34. The minimum atomic E-state index is -0.334. The van der Waals surface area contributed by atoms with Crippen LogP contribution in [0.5, 0.6) is 0 Å². The standard InChI is InChI=1S/C29H23FN6O/c30-22-12-9-19(10-13-22)27-28(36-26-8-2-1-5-21(26)18-33-36)35-24-14-11-20(17-25(24)34-27)29(37)32-16-4-7-23-6-3-15-31-23/h1-3,5,8-15,17-18H,4,6-7,16H2,(H,32,37). The summed E-state index contributed by atoms with van der Waals surface area (Å²) in [5.74, 6) is 0.0290. The van der Waals surface area contributed by atoms with Crippen LogP contribution in [0.25, 0.3) is 39.0 Å². The lowest BCUT2D eigenvalue weighted by atomic mass is 10.1. The fourth-order valence-corrected chi connectivity index (χ4v) is 4.44. The smallest absolute Gasteiger partial charge is 0.251 e. The van der Waals surface area contributed by atoms with Crippen molar-refractivity contribution < 1.29 is 9.18 Å². The number of rotatable bonds is 7. The van der Waals surface area contributed by atoms with Gasteiger partial charge in [-0.3, -0.25) is 9.79 Å². The number of benzene rings is 3. The SMILES string of the molecule is O=C(NCCCC1=NC=CC1)c1ccc2nc(-n3ncc4ccccc43)c(-c3ccc(F)cc3)nc2c1. The zero-order chi connectivity index (χ0) is 25.2. The average Bonchev–Trinajstić information content (AvgIpc) is 3.61. The van der Waals surface area contributed by atoms with Crippen molar-refractivity contribution in [2.45, 2.75) is 19.3 Å². The van der Waals surface area contributed by atoms with Crippen molar-refractivity contribution >= 4 is 33.6 Å². The van der Waals surface area contributed by atoms with Crippen LogP contribution in [0.3, 0.4) is 0 Å². The Bertz CT molecular complexity index is 1690. The normalized spacial score (nSPS) is 12.8. The van der Waals surface area contributed by atoms with Crippen LogP contribution in [0.1, 0.15) is 29.6 Å². The van der Waals surface area contributed by atoms with Crippen LogP contribution in [0.2, 0.25) is 0 Å². The van der Waals surface area contributed by atoms with E-state index in [1.54, 1.807) is 41.2 Å². The number of aromatic nitrogens is 4. The number of allylic oxidation sites excluding steroid dienone is 1. The number of nitrogens with one attached hydrogen (secondary N) is 1. The van der Waals surface area contributed by atoms with Gasteiger partial charge in [0.25, 0.3) is 5.91 Å². The lowest BCUT2D eigenvalue weighted by Crippen LogP contribution is -2.24. The van der Waals surface area contributed by atoms with Gasteiger partial charge in [-0.2, -0.15) is 5.10 Å². The van der Waals surface area contributed by atoms with Crippen molar-refractivity contribution in [3.05, 3.63) is 96.6 Å². The van der Waals surface area contributed by atoms with Crippen LogP contribution in [0.4, 0.5) is 4.39 Å². The number of carbonyl (C=O) groups is 1. The lowest BCUT2D eigenvalue weighted by Gasteiger charge is -2.12. The van der Waals surface area contributed by atoms with Crippen LogP contribution >= 0.6 is 0 Å². The number of carbonyl (C=O) groups excluding carboxylic acids is 1. The molecular weight excluding hydrogens is 467 g/mol. The molecule has 0 unspecified atom stereocenters. The number of fused-ring (bicyclic) bond motifs is 2. The maximum Gasteiger partial charge on any atom is 0.251 e. The number of hydrogen-bond donors (Lipinski definition) is 1. The minimum absolute atomic E-state index is 0.166. The van der Waals surface area contributed by atoms with Crippen molar-refractivity contribution in [3.8, 4) is 17.1 Å². The molecule has 1 aliphatic heterocycles. The van der Waals surface area contributed by atoms with Crippen LogP contribution in [-0.4, -0.2) is 37.9 Å². The third kappa shape index (κ3) is 4.61. The van der Waals surface area contributed by atoms with Crippen LogP contribution in [-0.2, 0) is 0 Å². The molecule has 0 spiro atoms. The molecule has 8 heteroatoms. The van der Waals surface area contributed by atoms with E-state index in [0.29, 0.717) is 40.2 Å². The van der Waals surface area contributed by atoms with Gasteiger partial charge in [0, 0.05) is 41.4 Å². The van der Waals surface area contributed by atoms with Crippen LogP contribution in [0, 0.1) is 5.82 Å². The Hall–Kier alpha value is -4.72. The highest BCUT2D eigenvalue weighted by Gasteiger charge is 2.17. The number of para-hydroxylation sites is 1. The summed E-state index contributed by atoms with van der Waals surface area (Å²) in [7, 11) is 0. The summed E-state index contributed by atoms with van der Waals surface area (Å²) in [6, 6.07) is 19.2. The number of hydrogen-bond acceptors (Lipinski definition) is 5. The first-order chi connectivity index (χ1) is 18.2. The van der Waals surface area contributed by atoms with E-state index in [0.717, 1.165) is 35.9 Å². The summed E-state index contributed by atoms with van der Waals surface area (Å²) in [6.07, 6.45) is 8.22. The summed E-state index contributed by atoms with van der Waals surface area (Å²) in [4.78, 5) is 26.9. The molecule has 3 heterocycles. The van der Waals surface area contributed by atoms with Gasteiger partial charge in [-0.1, -0.05) is 24.3 Å². The summed E-state index contributed by atoms with van der Waals surface area (Å²) in [5, 5.41) is 8.50. The predicted octanol–water partition coefficient (Wildman–Crippen LogP) is 5.64. The van der Waals surface area contributed by atoms with Gasteiger partial charge >= 0.3 is 0 Å². The van der Waals surface area contributed by atoms with E-state index in [9.17, 15) is 9.18 Å². The highest BCUT2D eigenvalue weighted by molar-refractivity contribution is 5.98. The molecule has 1 amide bonds. The molecule has 7 nitrogen and oxygen atoms in total. The average molecular weight is 491 g/mol. The van der Waals surface area contributed by atoms with Crippen molar-refractivity contribution in [3.63, 3.8) is 0 Å². The monoisotopic (exact) mass is 490 g/mol. The molecule has 0 fully saturated rings. The second-order valence-corrected chi connectivity index (χ2v) is 8.87. The molecule has 6 rings (SSSR count). The summed E-state index contributed by atoms with van der Waals surface area (Å²) < 4.78 is 15.4. The number of aliphatic imine (C=N–C) groups is 1. The number of halogens is 1. The largest absolute Gasteiger partial charge is 0.352 e. The van der Waals surface area contributed by atoms with Crippen molar-refractivity contribution in [1.82, 2.24) is 25.1 Å². The molecule has 1 N–H and O–H groups in total. The van der Waals surface area contributed by atoms with Crippen LogP contribution < -0.4 is 5.32 Å². The predicted molar refractivity (Wildman–Crippen MR) is 142 cm³/mol. The van der Waals surface area contributed by atoms with E-state index >= 15 is 0 Å². The molecule has 0 aliphatic carbocycles. The maximum absolute atomic E-state index is 13.7. The summed E-state index contributed by atoms with van der Waals surface area (Å²) in [6.45, 7) is 0.563. The van der Waals surface area contributed by atoms with Gasteiger partial charge in [-0.15, -0.1) is 0 Å². The van der Waals surface area contributed by atoms with Crippen molar-refractivity contribution in [1.29, 1.82) is 0 Å². The molecule has 2 aromatic heterocycles. The van der Waals surface area contributed by atoms with Gasteiger partial charge in [-0.25, -0.2) is 19.0 Å². The van der Waals surface area contributed by atoms with Crippen LogP contribution in [0.15, 0.2) is 90.2 Å². The van der Waals surface area contributed by atoms with E-state index < -0.39 is 0 Å². The zero-order valence-electron chi connectivity index (χ0n) is 19.9. The van der Waals surface area contributed by atoms with E-state index in [1.807, 2.05) is 36.5 Å². The fourth-order valence-electron chi connectivity index (χ4n) is 4.44. The van der Waals surface area contributed by atoms with Crippen molar-refractivity contribution in [2.75, 3.05) is 6.54 Å². The minimum Gasteiger partial charge on any atom is -0.352 e. The van der Waals surface area contributed by atoms with E-state index in [-0.39, 0.29) is 11.7 Å². The summed E-state index contributed by atoms with van der Waals surface area (Å²) >= 11 is 0. The highest BCUT2D eigenvalue weighted by atomic mass is 19.1. The lowest BCUT2D eigenvalue weighted by molar-refractivity contribution is 0.0953. The van der Waals surface area contributed by atoms with Gasteiger partial charge < -0.3 is 5.32 Å². The molecule has 37 heavy (non-hydrogen) atoms. The molecule has 5 aromatic rings. The molecule has 0 atom stereocenters. The van der Waals surface area contributed by atoms with Crippen molar-refractivity contribution in [2.24, 2.45) is 4.99 Å². The quantitative estimate of drug-likeness (QED) is 0.299. The Morgan fingerprint density at radius 1 is 1.00 bits per heavy atom. The molecule has 0 saturated carbocycles. The van der Waals surface area contributed by atoms with E-state index in [1.165, 1.54) is 12.1 Å². The fraction of sp³-hybridized carbons (Fsp3) is 0.138. The number of nitrogens with zero attached hydrogens (tertiary/aromatic N) is 5. The third-order valence-electron chi connectivity index (χ3n) is 6.35. The third-order valence-corrected chi connectivity index (χ3v) is 6.35. The van der Waals surface area contributed by atoms with Gasteiger partial charge in [0.15, 0.2) is 5.82 Å². The van der Waals surface area contributed by atoms with E-state index in [2.05, 4.69) is 15.4 Å². The first kappa shape index (κ1) is 22.7. The Kier molecular flexibility index (Phi) is 5.98. The topological polar surface area (TPSA) is 85.1 Å². The molecule has 3 aromatic carbocycles. The molecule has 1 aliphatic rings. The first-order valence-corrected chi connectivity index (χ1v) is 12.2. The van der Waals surface area contributed by atoms with Gasteiger partial charge in [0.2, 0.25) is 0 Å². The zero-order valence-corrected chi connectivity index (χ0v) is 19.9. The molecule has 0 saturated heterocycles. The first-order valence-electron chi connectivity index (χ1n) is 12.2. The Labute approximate surface area is 212 Å². The van der Waals surface area contributed by atoms with Gasteiger partial charge in [-0.05, 0) is 61.4 Å². The Morgan fingerprint density at radius 2 is 1.86 bits per heavy atom. The molecule has 0 radical (unpaired) electrons. The van der Waals surface area contributed by atoms with Gasteiger partial charge in [0.05, 0.1) is 22.7 Å². The number of amides is 1. The maximum atomic E-state index is 13.7.